The number of carboxylic acid groups (broad SMARTS) is 1. The third-order valence-corrected chi connectivity index (χ3v) is 7.68. The molecule has 4 heteroatoms. The molecule has 4 rings (SSSR count). The summed E-state index contributed by atoms with van der Waals surface area (Å²) in [6.45, 7) is 2.23. The molecule has 29 heavy (non-hydrogen) atoms. The minimum atomic E-state index is -0.881. The van der Waals surface area contributed by atoms with E-state index in [1.54, 1.807) is 12.1 Å². The van der Waals surface area contributed by atoms with Crippen LogP contribution in [0.4, 0.5) is 0 Å². The minimum absolute atomic E-state index is 0.0224. The number of hydrogen-bond donors (Lipinski definition) is 2. The second kappa shape index (κ2) is 8.61. The van der Waals surface area contributed by atoms with E-state index in [4.69, 9.17) is 9.84 Å². The Kier molecular flexibility index (Phi) is 6.12. The molecule has 2 aliphatic heterocycles. The number of aryl methyl sites for hydroxylation is 1. The van der Waals surface area contributed by atoms with Gasteiger partial charge in [-0.1, -0.05) is 50.5 Å². The van der Waals surface area contributed by atoms with Crippen LogP contribution in [-0.2, 0) is 11.2 Å². The number of ether oxygens (including phenoxy) is 1. The summed E-state index contributed by atoms with van der Waals surface area (Å²) < 4.78 is 6.23. The lowest BCUT2D eigenvalue weighted by Crippen LogP contribution is -2.33. The molecule has 1 aromatic carbocycles. The quantitative estimate of drug-likeness (QED) is 0.635. The maximum atomic E-state index is 11.0. The largest absolute Gasteiger partial charge is 0.478 e. The van der Waals surface area contributed by atoms with E-state index < -0.39 is 5.97 Å². The van der Waals surface area contributed by atoms with Gasteiger partial charge in [0.25, 0.3) is 0 Å². The first-order valence-corrected chi connectivity index (χ1v) is 11.3. The highest BCUT2D eigenvalue weighted by Gasteiger charge is 2.47. The van der Waals surface area contributed by atoms with Gasteiger partial charge < -0.3 is 14.9 Å². The van der Waals surface area contributed by atoms with Crippen LogP contribution in [0.2, 0.25) is 0 Å². The molecule has 2 saturated heterocycles. The van der Waals surface area contributed by atoms with Gasteiger partial charge in [-0.3, -0.25) is 0 Å². The van der Waals surface area contributed by atoms with Crippen molar-refractivity contribution in [2.24, 2.45) is 17.3 Å². The van der Waals surface area contributed by atoms with Gasteiger partial charge in [0.2, 0.25) is 0 Å². The lowest BCUT2D eigenvalue weighted by Gasteiger charge is -2.37. The SMILES string of the molecule is CC1(C(O)/C=C/[C@@H]2[C@H](CCc3ccc(C(=O)O)cc3)[C@@H]3CC[C@H]2O3)CCCCC1. The molecular formula is C25H34O4. The van der Waals surface area contributed by atoms with Gasteiger partial charge in [0.15, 0.2) is 0 Å². The second-order valence-corrected chi connectivity index (χ2v) is 9.62. The van der Waals surface area contributed by atoms with Gasteiger partial charge in [0.1, 0.15) is 0 Å². The predicted octanol–water partition coefficient (Wildman–Crippen LogP) is 5.00. The first-order valence-electron chi connectivity index (χ1n) is 11.3. The molecule has 5 atom stereocenters. The minimum Gasteiger partial charge on any atom is -0.478 e. The Morgan fingerprint density at radius 3 is 2.55 bits per heavy atom. The average molecular weight is 399 g/mol. The van der Waals surface area contributed by atoms with Gasteiger partial charge >= 0.3 is 5.97 Å². The first-order chi connectivity index (χ1) is 14.0. The van der Waals surface area contributed by atoms with Gasteiger partial charge in [-0.05, 0) is 67.6 Å². The third-order valence-electron chi connectivity index (χ3n) is 7.68. The molecule has 1 saturated carbocycles. The zero-order valence-electron chi connectivity index (χ0n) is 17.4. The lowest BCUT2D eigenvalue weighted by molar-refractivity contribution is 0.0431. The fourth-order valence-corrected chi connectivity index (χ4v) is 5.72. The van der Waals surface area contributed by atoms with E-state index in [9.17, 15) is 9.90 Å². The number of carbonyl (C=O) groups is 1. The average Bonchev–Trinajstić information content (AvgIpc) is 3.33. The molecule has 0 radical (unpaired) electrons. The van der Waals surface area contributed by atoms with Crippen LogP contribution in [0.5, 0.6) is 0 Å². The summed E-state index contributed by atoms with van der Waals surface area (Å²) in [7, 11) is 0. The molecule has 0 aromatic heterocycles. The monoisotopic (exact) mass is 398 g/mol. The van der Waals surface area contributed by atoms with Crippen LogP contribution in [0.1, 0.15) is 74.2 Å². The topological polar surface area (TPSA) is 66.8 Å². The number of aromatic carboxylic acids is 1. The van der Waals surface area contributed by atoms with Crippen LogP contribution >= 0.6 is 0 Å². The Morgan fingerprint density at radius 1 is 1.17 bits per heavy atom. The summed E-state index contributed by atoms with van der Waals surface area (Å²) in [6.07, 6.45) is 14.8. The maximum absolute atomic E-state index is 11.0. The summed E-state index contributed by atoms with van der Waals surface area (Å²) in [4.78, 5) is 11.0. The summed E-state index contributed by atoms with van der Waals surface area (Å²) in [6, 6.07) is 7.23. The number of benzene rings is 1. The summed E-state index contributed by atoms with van der Waals surface area (Å²) >= 11 is 0. The van der Waals surface area contributed by atoms with Crippen molar-refractivity contribution in [3.63, 3.8) is 0 Å². The molecule has 1 aromatic rings. The van der Waals surface area contributed by atoms with Crippen molar-refractivity contribution in [1.82, 2.24) is 0 Å². The third kappa shape index (κ3) is 4.44. The van der Waals surface area contributed by atoms with Crippen molar-refractivity contribution < 1.29 is 19.7 Å². The molecule has 158 valence electrons. The Morgan fingerprint density at radius 2 is 1.86 bits per heavy atom. The fourth-order valence-electron chi connectivity index (χ4n) is 5.72. The van der Waals surface area contributed by atoms with Crippen LogP contribution in [0.3, 0.4) is 0 Å². The Bertz CT molecular complexity index is 732. The standard InChI is InChI=1S/C25H34O4/c1-25(15-3-2-4-16-25)23(26)14-11-20-19(21-12-13-22(20)29-21)10-7-17-5-8-18(9-6-17)24(27)28/h5-6,8-9,11,14,19-23,26H,2-4,7,10,12-13,15-16H2,1H3,(H,27,28)/b14-11+/t19-,20+,21-,22+,23?/m0/s1. The van der Waals surface area contributed by atoms with Crippen molar-refractivity contribution in [3.05, 3.63) is 47.5 Å². The Hall–Kier alpha value is -1.65. The van der Waals surface area contributed by atoms with E-state index in [0.717, 1.165) is 38.5 Å². The summed E-state index contributed by atoms with van der Waals surface area (Å²) in [5.41, 5.74) is 1.53. The van der Waals surface area contributed by atoms with E-state index >= 15 is 0 Å². The van der Waals surface area contributed by atoms with Gasteiger partial charge in [-0.15, -0.1) is 0 Å². The molecule has 0 spiro atoms. The number of carboxylic acids is 1. The van der Waals surface area contributed by atoms with Crippen molar-refractivity contribution >= 4 is 5.97 Å². The van der Waals surface area contributed by atoms with E-state index in [1.165, 1.54) is 24.8 Å². The molecule has 1 aliphatic carbocycles. The highest BCUT2D eigenvalue weighted by Crippen LogP contribution is 2.47. The lowest BCUT2D eigenvalue weighted by atomic mass is 9.71. The van der Waals surface area contributed by atoms with Crippen molar-refractivity contribution in [1.29, 1.82) is 0 Å². The smallest absolute Gasteiger partial charge is 0.335 e. The molecule has 4 nitrogen and oxygen atoms in total. The van der Waals surface area contributed by atoms with Gasteiger partial charge in [-0.2, -0.15) is 0 Å². The maximum Gasteiger partial charge on any atom is 0.335 e. The highest BCUT2D eigenvalue weighted by molar-refractivity contribution is 5.87. The van der Waals surface area contributed by atoms with E-state index in [2.05, 4.69) is 19.1 Å². The second-order valence-electron chi connectivity index (χ2n) is 9.62. The predicted molar refractivity (Wildman–Crippen MR) is 113 cm³/mol. The number of aliphatic hydroxyl groups excluding tert-OH is 1. The molecule has 1 unspecified atom stereocenters. The highest BCUT2D eigenvalue weighted by atomic mass is 16.5. The summed E-state index contributed by atoms with van der Waals surface area (Å²) in [5, 5.41) is 19.9. The van der Waals surface area contributed by atoms with Crippen LogP contribution in [0.15, 0.2) is 36.4 Å². The number of aliphatic hydroxyl groups is 1. The van der Waals surface area contributed by atoms with Gasteiger partial charge in [0, 0.05) is 5.92 Å². The van der Waals surface area contributed by atoms with Crippen molar-refractivity contribution in [2.45, 2.75) is 83.0 Å². The van der Waals surface area contributed by atoms with Gasteiger partial charge in [-0.25, -0.2) is 4.79 Å². The van der Waals surface area contributed by atoms with E-state index in [0.29, 0.717) is 29.6 Å². The normalized spacial score (nSPS) is 31.9. The van der Waals surface area contributed by atoms with E-state index in [-0.39, 0.29) is 11.5 Å². The molecule has 3 aliphatic rings. The zero-order chi connectivity index (χ0) is 20.4. The number of fused-ring (bicyclic) bond motifs is 2. The molecule has 0 amide bonds. The van der Waals surface area contributed by atoms with Crippen molar-refractivity contribution in [3.8, 4) is 0 Å². The Balaban J connectivity index is 1.39. The molecule has 2 bridgehead atoms. The number of rotatable bonds is 7. The van der Waals surface area contributed by atoms with Gasteiger partial charge in [0.05, 0.1) is 23.9 Å². The molecule has 2 heterocycles. The van der Waals surface area contributed by atoms with Crippen molar-refractivity contribution in [2.75, 3.05) is 0 Å². The Labute approximate surface area is 174 Å². The van der Waals surface area contributed by atoms with Crippen LogP contribution in [-0.4, -0.2) is 34.5 Å². The van der Waals surface area contributed by atoms with Crippen LogP contribution in [0.25, 0.3) is 0 Å². The first kappa shape index (κ1) is 20.6. The van der Waals surface area contributed by atoms with Crippen LogP contribution < -0.4 is 0 Å². The molecule has 2 N–H and O–H groups in total. The number of hydrogen-bond acceptors (Lipinski definition) is 3. The molecule has 3 fully saturated rings. The molecular weight excluding hydrogens is 364 g/mol. The zero-order valence-corrected chi connectivity index (χ0v) is 17.4. The summed E-state index contributed by atoms with van der Waals surface area (Å²) in [5.74, 6) is -0.0159. The fraction of sp³-hybridized carbons (Fsp3) is 0.640. The van der Waals surface area contributed by atoms with Crippen LogP contribution in [0, 0.1) is 17.3 Å². The van der Waals surface area contributed by atoms with E-state index in [1.807, 2.05) is 12.1 Å².